The summed E-state index contributed by atoms with van der Waals surface area (Å²) in [7, 11) is 0. The Bertz CT molecular complexity index is 316. The van der Waals surface area contributed by atoms with Gasteiger partial charge in [-0.25, -0.2) is 0 Å². The standard InChI is InChI=1S/C13H21NO3/c1-2-9-5-6-14(8-9)12(15)10-3-4-11(7-10)13(16)17/h9-11H,2-8H2,1H3,(H,16,17)/t9?,10-,11+/m1/s1. The summed E-state index contributed by atoms with van der Waals surface area (Å²) in [6.07, 6.45) is 4.20. The summed E-state index contributed by atoms with van der Waals surface area (Å²) in [5, 5.41) is 8.93. The van der Waals surface area contributed by atoms with Crippen LogP contribution in [0.4, 0.5) is 0 Å². The smallest absolute Gasteiger partial charge is 0.306 e. The molecule has 1 aliphatic carbocycles. The maximum Gasteiger partial charge on any atom is 0.306 e. The van der Waals surface area contributed by atoms with Crippen LogP contribution in [0.2, 0.25) is 0 Å². The van der Waals surface area contributed by atoms with E-state index in [4.69, 9.17) is 5.11 Å². The molecule has 1 saturated carbocycles. The minimum Gasteiger partial charge on any atom is -0.481 e. The van der Waals surface area contributed by atoms with Crippen LogP contribution in [-0.2, 0) is 9.59 Å². The normalized spacial score (nSPS) is 33.0. The molecule has 2 rings (SSSR count). The lowest BCUT2D eigenvalue weighted by Crippen LogP contribution is -2.33. The number of hydrogen-bond acceptors (Lipinski definition) is 2. The maximum absolute atomic E-state index is 12.2. The highest BCUT2D eigenvalue weighted by molar-refractivity contribution is 5.81. The van der Waals surface area contributed by atoms with Crippen molar-refractivity contribution in [1.82, 2.24) is 4.90 Å². The van der Waals surface area contributed by atoms with Crippen molar-refractivity contribution in [2.45, 2.75) is 39.0 Å². The molecule has 3 atom stereocenters. The quantitative estimate of drug-likeness (QED) is 0.816. The molecule has 1 aliphatic heterocycles. The van der Waals surface area contributed by atoms with Crippen LogP contribution in [0.15, 0.2) is 0 Å². The van der Waals surface area contributed by atoms with Crippen LogP contribution in [0.25, 0.3) is 0 Å². The summed E-state index contributed by atoms with van der Waals surface area (Å²) in [4.78, 5) is 25.0. The molecule has 1 amide bonds. The van der Waals surface area contributed by atoms with E-state index in [1.54, 1.807) is 0 Å². The third kappa shape index (κ3) is 2.61. The third-order valence-electron chi connectivity index (χ3n) is 4.31. The van der Waals surface area contributed by atoms with Gasteiger partial charge in [0, 0.05) is 19.0 Å². The van der Waals surface area contributed by atoms with Gasteiger partial charge in [-0.1, -0.05) is 13.3 Å². The molecule has 0 aromatic carbocycles. The number of nitrogens with zero attached hydrogens (tertiary/aromatic N) is 1. The number of aliphatic carboxylic acids is 1. The van der Waals surface area contributed by atoms with E-state index in [0.717, 1.165) is 32.4 Å². The Labute approximate surface area is 102 Å². The van der Waals surface area contributed by atoms with Crippen molar-refractivity contribution < 1.29 is 14.7 Å². The first-order valence-corrected chi connectivity index (χ1v) is 6.63. The Hall–Kier alpha value is -1.06. The molecule has 1 heterocycles. The second-order valence-corrected chi connectivity index (χ2v) is 5.39. The summed E-state index contributed by atoms with van der Waals surface area (Å²) in [5.41, 5.74) is 0. The minimum absolute atomic E-state index is 0.0355. The van der Waals surface area contributed by atoms with Crippen molar-refractivity contribution in [3.05, 3.63) is 0 Å². The van der Waals surface area contributed by atoms with Crippen molar-refractivity contribution >= 4 is 11.9 Å². The molecule has 96 valence electrons. The van der Waals surface area contributed by atoms with Crippen LogP contribution in [0.3, 0.4) is 0 Å². The Kier molecular flexibility index (Phi) is 3.69. The molecule has 0 aromatic heterocycles. The first-order chi connectivity index (χ1) is 8.11. The van der Waals surface area contributed by atoms with Gasteiger partial charge in [-0.15, -0.1) is 0 Å². The predicted molar refractivity (Wildman–Crippen MR) is 63.4 cm³/mol. The lowest BCUT2D eigenvalue weighted by molar-refractivity contribution is -0.141. The number of carboxylic acid groups (broad SMARTS) is 1. The van der Waals surface area contributed by atoms with Crippen LogP contribution in [-0.4, -0.2) is 35.0 Å². The van der Waals surface area contributed by atoms with Crippen molar-refractivity contribution in [3.63, 3.8) is 0 Å². The van der Waals surface area contributed by atoms with Gasteiger partial charge in [0.25, 0.3) is 0 Å². The molecular weight excluding hydrogens is 218 g/mol. The van der Waals surface area contributed by atoms with Gasteiger partial charge in [0.05, 0.1) is 5.92 Å². The number of hydrogen-bond donors (Lipinski definition) is 1. The molecule has 4 heteroatoms. The van der Waals surface area contributed by atoms with E-state index in [9.17, 15) is 9.59 Å². The van der Waals surface area contributed by atoms with Crippen molar-refractivity contribution in [3.8, 4) is 0 Å². The van der Waals surface area contributed by atoms with Gasteiger partial charge in [-0.3, -0.25) is 9.59 Å². The number of rotatable bonds is 3. The minimum atomic E-state index is -0.742. The topological polar surface area (TPSA) is 57.6 Å². The van der Waals surface area contributed by atoms with Crippen LogP contribution in [0.1, 0.15) is 39.0 Å². The van der Waals surface area contributed by atoms with Gasteiger partial charge in [-0.05, 0) is 31.6 Å². The SMILES string of the molecule is CCC1CCN(C(=O)[C@@H]2CC[C@H](C(=O)O)C2)C1. The Morgan fingerprint density at radius 3 is 2.47 bits per heavy atom. The zero-order chi connectivity index (χ0) is 12.4. The van der Waals surface area contributed by atoms with E-state index in [0.29, 0.717) is 18.8 Å². The number of carboxylic acids is 1. The lowest BCUT2D eigenvalue weighted by atomic mass is 10.0. The molecule has 2 fully saturated rings. The predicted octanol–water partition coefficient (Wildman–Crippen LogP) is 1.75. The molecule has 1 N–H and O–H groups in total. The molecule has 4 nitrogen and oxygen atoms in total. The van der Waals surface area contributed by atoms with E-state index in [1.807, 2.05) is 4.90 Å². The number of likely N-dealkylation sites (tertiary alicyclic amines) is 1. The van der Waals surface area contributed by atoms with Crippen LogP contribution < -0.4 is 0 Å². The van der Waals surface area contributed by atoms with E-state index >= 15 is 0 Å². The monoisotopic (exact) mass is 239 g/mol. The largest absolute Gasteiger partial charge is 0.481 e. The van der Waals surface area contributed by atoms with E-state index < -0.39 is 5.97 Å². The summed E-state index contributed by atoms with van der Waals surface area (Å²) in [6, 6.07) is 0. The van der Waals surface area contributed by atoms with Gasteiger partial charge in [0.15, 0.2) is 0 Å². The molecule has 17 heavy (non-hydrogen) atoms. The first-order valence-electron chi connectivity index (χ1n) is 6.63. The fraction of sp³-hybridized carbons (Fsp3) is 0.846. The highest BCUT2D eigenvalue weighted by Crippen LogP contribution is 2.33. The molecule has 2 aliphatic rings. The van der Waals surface area contributed by atoms with Gasteiger partial charge in [-0.2, -0.15) is 0 Å². The van der Waals surface area contributed by atoms with E-state index in [1.165, 1.54) is 0 Å². The second-order valence-electron chi connectivity index (χ2n) is 5.39. The molecule has 0 radical (unpaired) electrons. The Balaban J connectivity index is 1.87. The van der Waals surface area contributed by atoms with Crippen LogP contribution in [0, 0.1) is 17.8 Å². The summed E-state index contributed by atoms with van der Waals surface area (Å²) in [6.45, 7) is 3.91. The Morgan fingerprint density at radius 1 is 1.24 bits per heavy atom. The van der Waals surface area contributed by atoms with Crippen molar-refractivity contribution in [2.24, 2.45) is 17.8 Å². The summed E-state index contributed by atoms with van der Waals surface area (Å²) >= 11 is 0. The molecular formula is C13H21NO3. The molecule has 0 aromatic rings. The molecule has 1 unspecified atom stereocenters. The highest BCUT2D eigenvalue weighted by Gasteiger charge is 2.37. The zero-order valence-corrected chi connectivity index (χ0v) is 10.4. The zero-order valence-electron chi connectivity index (χ0n) is 10.4. The lowest BCUT2D eigenvalue weighted by Gasteiger charge is -2.20. The maximum atomic E-state index is 12.2. The fourth-order valence-corrected chi connectivity index (χ4v) is 3.05. The first kappa shape index (κ1) is 12.4. The molecule has 0 bridgehead atoms. The fourth-order valence-electron chi connectivity index (χ4n) is 3.05. The van der Waals surface area contributed by atoms with Gasteiger partial charge in [0.1, 0.15) is 0 Å². The second kappa shape index (κ2) is 5.07. The third-order valence-corrected chi connectivity index (χ3v) is 4.31. The number of amides is 1. The van der Waals surface area contributed by atoms with Gasteiger partial charge < -0.3 is 10.0 Å². The Morgan fingerprint density at radius 2 is 1.94 bits per heavy atom. The van der Waals surface area contributed by atoms with Crippen molar-refractivity contribution in [1.29, 1.82) is 0 Å². The van der Waals surface area contributed by atoms with Gasteiger partial charge in [0.2, 0.25) is 5.91 Å². The van der Waals surface area contributed by atoms with Gasteiger partial charge >= 0.3 is 5.97 Å². The van der Waals surface area contributed by atoms with E-state index in [2.05, 4.69) is 6.92 Å². The number of carbonyl (C=O) groups excluding carboxylic acids is 1. The average Bonchev–Trinajstić information content (AvgIpc) is 2.97. The average molecular weight is 239 g/mol. The highest BCUT2D eigenvalue weighted by atomic mass is 16.4. The van der Waals surface area contributed by atoms with Crippen LogP contribution >= 0.6 is 0 Å². The molecule has 1 saturated heterocycles. The van der Waals surface area contributed by atoms with Crippen LogP contribution in [0.5, 0.6) is 0 Å². The number of carbonyl (C=O) groups is 2. The summed E-state index contributed by atoms with van der Waals surface area (Å²) in [5.74, 6) is -0.228. The van der Waals surface area contributed by atoms with Crippen molar-refractivity contribution in [2.75, 3.05) is 13.1 Å². The van der Waals surface area contributed by atoms with E-state index in [-0.39, 0.29) is 17.7 Å². The summed E-state index contributed by atoms with van der Waals surface area (Å²) < 4.78 is 0. The molecule has 0 spiro atoms.